The first-order chi connectivity index (χ1) is 8.66. The highest BCUT2D eigenvalue weighted by Gasteiger charge is 2.39. The lowest BCUT2D eigenvalue weighted by molar-refractivity contribution is -0.148. The van der Waals surface area contributed by atoms with Gasteiger partial charge in [0.2, 0.25) is 0 Å². The minimum absolute atomic E-state index is 0.175. The van der Waals surface area contributed by atoms with Gasteiger partial charge in [-0.25, -0.2) is 9.78 Å². The maximum Gasteiger partial charge on any atom is 0.332 e. The molecule has 0 aromatic carbocycles. The van der Waals surface area contributed by atoms with Crippen molar-refractivity contribution in [1.29, 1.82) is 0 Å². The van der Waals surface area contributed by atoms with Gasteiger partial charge in [-0.15, -0.1) is 11.3 Å². The summed E-state index contributed by atoms with van der Waals surface area (Å²) in [6, 6.07) is 0. The summed E-state index contributed by atoms with van der Waals surface area (Å²) in [5.41, 5.74) is -0.894. The molecule has 0 aliphatic carbocycles. The van der Waals surface area contributed by atoms with Crippen molar-refractivity contribution in [2.75, 3.05) is 20.3 Å². The molecule has 1 N–H and O–H groups in total. The average Bonchev–Trinajstić information content (AvgIpc) is 3.07. The number of rotatable bonds is 5. The maximum absolute atomic E-state index is 12.0. The van der Waals surface area contributed by atoms with Crippen molar-refractivity contribution in [1.82, 2.24) is 10.3 Å². The van der Waals surface area contributed by atoms with Gasteiger partial charge in [-0.2, -0.15) is 0 Å². The van der Waals surface area contributed by atoms with E-state index in [4.69, 9.17) is 9.47 Å². The van der Waals surface area contributed by atoms with Crippen LogP contribution in [0.25, 0.3) is 0 Å². The molecule has 0 bridgehead atoms. The van der Waals surface area contributed by atoms with E-state index < -0.39 is 5.54 Å². The van der Waals surface area contributed by atoms with Gasteiger partial charge in [-0.3, -0.25) is 5.32 Å². The SMILES string of the molecule is COC(=O)C(C)(NCC1CCCO1)c1nccs1. The van der Waals surface area contributed by atoms with Crippen LogP contribution in [0.4, 0.5) is 0 Å². The number of aromatic nitrogens is 1. The fourth-order valence-electron chi connectivity index (χ4n) is 2.03. The van der Waals surface area contributed by atoms with Crippen molar-refractivity contribution < 1.29 is 14.3 Å². The van der Waals surface area contributed by atoms with Crippen molar-refractivity contribution in [2.45, 2.75) is 31.4 Å². The highest BCUT2D eigenvalue weighted by atomic mass is 32.1. The Morgan fingerprint density at radius 2 is 2.61 bits per heavy atom. The zero-order valence-corrected chi connectivity index (χ0v) is 11.5. The summed E-state index contributed by atoms with van der Waals surface area (Å²) in [4.78, 5) is 16.2. The fraction of sp³-hybridized carbons (Fsp3) is 0.667. The number of thiazole rings is 1. The Balaban J connectivity index is 2.07. The molecule has 2 rings (SSSR count). The van der Waals surface area contributed by atoms with E-state index in [9.17, 15) is 4.79 Å². The molecular weight excluding hydrogens is 252 g/mol. The van der Waals surface area contributed by atoms with Crippen LogP contribution in [-0.4, -0.2) is 37.3 Å². The van der Waals surface area contributed by atoms with Gasteiger partial charge in [-0.1, -0.05) is 0 Å². The zero-order chi connectivity index (χ0) is 13.0. The molecule has 2 atom stereocenters. The van der Waals surface area contributed by atoms with E-state index in [1.54, 1.807) is 13.1 Å². The quantitative estimate of drug-likeness (QED) is 0.817. The smallest absolute Gasteiger partial charge is 0.332 e. The van der Waals surface area contributed by atoms with Crippen molar-refractivity contribution in [3.05, 3.63) is 16.6 Å². The molecule has 1 fully saturated rings. The van der Waals surface area contributed by atoms with E-state index in [0.29, 0.717) is 11.6 Å². The third-order valence-electron chi connectivity index (χ3n) is 3.16. The number of nitrogens with zero attached hydrogens (tertiary/aromatic N) is 1. The molecule has 0 radical (unpaired) electrons. The minimum Gasteiger partial charge on any atom is -0.467 e. The summed E-state index contributed by atoms with van der Waals surface area (Å²) in [5.74, 6) is -0.324. The van der Waals surface area contributed by atoms with E-state index in [1.807, 2.05) is 5.38 Å². The standard InChI is InChI=1S/C12H18N2O3S/c1-12(11(15)16-2,10-13-5-7-18-10)14-8-9-4-3-6-17-9/h5,7,9,14H,3-4,6,8H2,1-2H3. The van der Waals surface area contributed by atoms with Crippen molar-refractivity contribution in [3.63, 3.8) is 0 Å². The van der Waals surface area contributed by atoms with Crippen LogP contribution in [-0.2, 0) is 19.8 Å². The summed E-state index contributed by atoms with van der Waals surface area (Å²) in [6.45, 7) is 3.23. The van der Waals surface area contributed by atoms with Gasteiger partial charge < -0.3 is 9.47 Å². The third-order valence-corrected chi connectivity index (χ3v) is 4.16. The van der Waals surface area contributed by atoms with E-state index in [0.717, 1.165) is 19.4 Å². The second kappa shape index (κ2) is 5.77. The van der Waals surface area contributed by atoms with Crippen LogP contribution < -0.4 is 5.32 Å². The molecule has 0 saturated carbocycles. The predicted molar refractivity (Wildman–Crippen MR) is 68.5 cm³/mol. The van der Waals surface area contributed by atoms with Crippen LogP contribution in [0.5, 0.6) is 0 Å². The van der Waals surface area contributed by atoms with Gasteiger partial charge in [0.1, 0.15) is 5.01 Å². The molecule has 1 aliphatic heterocycles. The normalized spacial score (nSPS) is 22.7. The van der Waals surface area contributed by atoms with Crippen molar-refractivity contribution >= 4 is 17.3 Å². The Hall–Kier alpha value is -0.980. The summed E-state index contributed by atoms with van der Waals surface area (Å²) >= 11 is 1.44. The van der Waals surface area contributed by atoms with Gasteiger partial charge in [0, 0.05) is 24.7 Å². The molecule has 2 unspecified atom stereocenters. The van der Waals surface area contributed by atoms with Gasteiger partial charge in [0.05, 0.1) is 13.2 Å². The highest BCUT2D eigenvalue weighted by molar-refractivity contribution is 7.09. The predicted octanol–water partition coefficient (Wildman–Crippen LogP) is 1.30. The summed E-state index contributed by atoms with van der Waals surface area (Å²) in [5, 5.41) is 5.81. The van der Waals surface area contributed by atoms with Crippen LogP contribution in [0.2, 0.25) is 0 Å². The number of carbonyl (C=O) groups is 1. The van der Waals surface area contributed by atoms with Crippen LogP contribution in [0.1, 0.15) is 24.8 Å². The largest absolute Gasteiger partial charge is 0.467 e. The van der Waals surface area contributed by atoms with E-state index in [2.05, 4.69) is 10.3 Å². The number of ether oxygens (including phenoxy) is 2. The molecule has 18 heavy (non-hydrogen) atoms. The Morgan fingerprint density at radius 1 is 1.78 bits per heavy atom. The lowest BCUT2D eigenvalue weighted by atomic mass is 10.0. The van der Waals surface area contributed by atoms with E-state index in [1.165, 1.54) is 18.4 Å². The summed E-state index contributed by atoms with van der Waals surface area (Å²) < 4.78 is 10.4. The van der Waals surface area contributed by atoms with Crippen molar-refractivity contribution in [3.8, 4) is 0 Å². The first-order valence-corrected chi connectivity index (χ1v) is 6.90. The van der Waals surface area contributed by atoms with Crippen LogP contribution >= 0.6 is 11.3 Å². The van der Waals surface area contributed by atoms with E-state index >= 15 is 0 Å². The number of hydrogen-bond donors (Lipinski definition) is 1. The second-order valence-electron chi connectivity index (χ2n) is 4.47. The molecule has 0 amide bonds. The number of esters is 1. The fourth-order valence-corrected chi connectivity index (χ4v) is 2.80. The molecule has 1 aromatic rings. The van der Waals surface area contributed by atoms with Crippen LogP contribution in [0, 0.1) is 0 Å². The Labute approximate surface area is 111 Å². The van der Waals surface area contributed by atoms with Crippen LogP contribution in [0.15, 0.2) is 11.6 Å². The molecule has 6 heteroatoms. The van der Waals surface area contributed by atoms with Gasteiger partial charge in [0.25, 0.3) is 0 Å². The Kier molecular flexibility index (Phi) is 4.31. The van der Waals surface area contributed by atoms with Gasteiger partial charge in [-0.05, 0) is 19.8 Å². The topological polar surface area (TPSA) is 60.5 Å². The molecule has 1 aliphatic rings. The molecule has 100 valence electrons. The van der Waals surface area contributed by atoms with Crippen molar-refractivity contribution in [2.24, 2.45) is 0 Å². The molecule has 1 aromatic heterocycles. The average molecular weight is 270 g/mol. The molecule has 5 nitrogen and oxygen atoms in total. The Bertz CT molecular complexity index is 390. The molecular formula is C12H18N2O3S. The second-order valence-corrected chi connectivity index (χ2v) is 5.36. The lowest BCUT2D eigenvalue weighted by Crippen LogP contribution is -2.49. The molecule has 1 saturated heterocycles. The van der Waals surface area contributed by atoms with Crippen LogP contribution in [0.3, 0.4) is 0 Å². The highest BCUT2D eigenvalue weighted by Crippen LogP contribution is 2.25. The van der Waals surface area contributed by atoms with Gasteiger partial charge in [0.15, 0.2) is 5.54 Å². The number of hydrogen-bond acceptors (Lipinski definition) is 6. The Morgan fingerprint density at radius 3 is 3.17 bits per heavy atom. The summed E-state index contributed by atoms with van der Waals surface area (Å²) in [6.07, 6.45) is 3.98. The first kappa shape index (κ1) is 13.5. The third kappa shape index (κ3) is 2.71. The number of carbonyl (C=O) groups excluding carboxylic acids is 1. The number of nitrogens with one attached hydrogen (secondary N) is 1. The molecule has 2 heterocycles. The van der Waals surface area contributed by atoms with E-state index in [-0.39, 0.29) is 12.1 Å². The zero-order valence-electron chi connectivity index (χ0n) is 10.6. The minimum atomic E-state index is -0.894. The molecule has 0 spiro atoms. The first-order valence-electron chi connectivity index (χ1n) is 6.02. The summed E-state index contributed by atoms with van der Waals surface area (Å²) in [7, 11) is 1.39. The van der Waals surface area contributed by atoms with Gasteiger partial charge >= 0.3 is 5.97 Å². The maximum atomic E-state index is 12.0. The lowest BCUT2D eigenvalue weighted by Gasteiger charge is -2.27. The number of methoxy groups -OCH3 is 1. The monoisotopic (exact) mass is 270 g/mol.